The number of halogens is 2. The summed E-state index contributed by atoms with van der Waals surface area (Å²) in [6, 6.07) is 11.8. The van der Waals surface area contributed by atoms with Gasteiger partial charge in [0.1, 0.15) is 11.6 Å². The molecule has 1 nitrogen and oxygen atoms in total. The Balaban J connectivity index is 1.89. The van der Waals surface area contributed by atoms with Crippen molar-refractivity contribution in [3.05, 3.63) is 70.8 Å². The van der Waals surface area contributed by atoms with Crippen LogP contribution in [0.4, 0.5) is 8.78 Å². The molecule has 1 unspecified atom stereocenters. The summed E-state index contributed by atoms with van der Waals surface area (Å²) >= 11 is 0. The zero-order chi connectivity index (χ0) is 14.5. The summed E-state index contributed by atoms with van der Waals surface area (Å²) in [5, 5.41) is 0. The van der Waals surface area contributed by atoms with E-state index in [4.69, 9.17) is 5.73 Å². The monoisotopic (exact) mass is 275 g/mol. The molecule has 2 rings (SSSR count). The fourth-order valence-electron chi connectivity index (χ4n) is 2.18. The van der Waals surface area contributed by atoms with E-state index in [1.807, 2.05) is 6.92 Å². The van der Waals surface area contributed by atoms with Gasteiger partial charge in [-0.15, -0.1) is 0 Å². The second-order valence-electron chi connectivity index (χ2n) is 5.22. The maximum atomic E-state index is 13.5. The third-order valence-electron chi connectivity index (χ3n) is 3.42. The van der Waals surface area contributed by atoms with Crippen molar-refractivity contribution in [1.82, 2.24) is 0 Å². The summed E-state index contributed by atoms with van der Waals surface area (Å²) in [6.45, 7) is 2.05. The first-order chi connectivity index (χ1) is 9.54. The Hall–Kier alpha value is -1.74. The molecular formula is C17H19F2N. The third kappa shape index (κ3) is 4.14. The van der Waals surface area contributed by atoms with E-state index in [0.717, 1.165) is 18.9 Å². The minimum absolute atomic E-state index is 0.128. The molecule has 0 fully saturated rings. The summed E-state index contributed by atoms with van der Waals surface area (Å²) in [5.41, 5.74) is 8.96. The van der Waals surface area contributed by atoms with Gasteiger partial charge in [0.2, 0.25) is 0 Å². The number of hydrogen-bond acceptors (Lipinski definition) is 1. The van der Waals surface area contributed by atoms with Gasteiger partial charge in [0, 0.05) is 12.1 Å². The number of benzene rings is 2. The van der Waals surface area contributed by atoms with Gasteiger partial charge in [-0.1, -0.05) is 35.9 Å². The average molecular weight is 275 g/mol. The van der Waals surface area contributed by atoms with E-state index in [-0.39, 0.29) is 6.04 Å². The lowest BCUT2D eigenvalue weighted by Crippen LogP contribution is -2.24. The quantitative estimate of drug-likeness (QED) is 0.883. The average Bonchev–Trinajstić information content (AvgIpc) is 2.41. The van der Waals surface area contributed by atoms with Crippen LogP contribution in [0.2, 0.25) is 0 Å². The molecule has 1 atom stereocenters. The molecule has 0 amide bonds. The molecule has 0 aliphatic rings. The normalized spacial score (nSPS) is 12.4. The predicted octanol–water partition coefficient (Wildman–Crippen LogP) is 3.78. The van der Waals surface area contributed by atoms with Crippen LogP contribution in [0.15, 0.2) is 42.5 Å². The summed E-state index contributed by atoms with van der Waals surface area (Å²) in [5.74, 6) is -1.07. The summed E-state index contributed by atoms with van der Waals surface area (Å²) in [6.07, 6.45) is 2.07. The minimum atomic E-state index is -0.556. The van der Waals surface area contributed by atoms with Crippen molar-refractivity contribution in [3.8, 4) is 0 Å². The van der Waals surface area contributed by atoms with Crippen LogP contribution >= 0.6 is 0 Å². The Labute approximate surface area is 118 Å². The molecule has 3 heteroatoms. The molecule has 0 radical (unpaired) electrons. The second-order valence-corrected chi connectivity index (χ2v) is 5.22. The van der Waals surface area contributed by atoms with Crippen molar-refractivity contribution in [3.63, 3.8) is 0 Å². The van der Waals surface area contributed by atoms with Gasteiger partial charge in [0.25, 0.3) is 0 Å². The number of aryl methyl sites for hydroxylation is 2. The molecule has 2 aromatic rings. The van der Waals surface area contributed by atoms with E-state index < -0.39 is 11.6 Å². The van der Waals surface area contributed by atoms with Crippen LogP contribution in [0.1, 0.15) is 23.1 Å². The molecule has 2 aromatic carbocycles. The van der Waals surface area contributed by atoms with Gasteiger partial charge < -0.3 is 5.73 Å². The Kier molecular flexibility index (Phi) is 4.85. The van der Waals surface area contributed by atoms with Crippen molar-refractivity contribution < 1.29 is 8.78 Å². The molecule has 0 heterocycles. The molecule has 106 valence electrons. The van der Waals surface area contributed by atoms with E-state index >= 15 is 0 Å². The standard InChI is InChI=1S/C17H19F2N/c1-12-2-4-13(5-3-12)6-9-16(20)10-14-7-8-15(18)11-17(14)19/h2-5,7-8,11,16H,6,9-10,20H2,1H3. The lowest BCUT2D eigenvalue weighted by Gasteiger charge is -2.12. The Morgan fingerprint density at radius 2 is 1.75 bits per heavy atom. The molecule has 0 saturated heterocycles. The fraction of sp³-hybridized carbons (Fsp3) is 0.294. The van der Waals surface area contributed by atoms with Gasteiger partial charge in [-0.05, 0) is 43.4 Å². The first kappa shape index (κ1) is 14.7. The SMILES string of the molecule is Cc1ccc(CCC(N)Cc2ccc(F)cc2F)cc1. The van der Waals surface area contributed by atoms with E-state index in [9.17, 15) is 8.78 Å². The highest BCUT2D eigenvalue weighted by atomic mass is 19.1. The maximum Gasteiger partial charge on any atom is 0.129 e. The second kappa shape index (κ2) is 6.62. The van der Waals surface area contributed by atoms with Crippen molar-refractivity contribution in [1.29, 1.82) is 0 Å². The van der Waals surface area contributed by atoms with Gasteiger partial charge in [0.05, 0.1) is 0 Å². The molecular weight excluding hydrogens is 256 g/mol. The van der Waals surface area contributed by atoms with Crippen molar-refractivity contribution in [2.45, 2.75) is 32.2 Å². The Bertz CT molecular complexity index is 564. The molecule has 0 saturated carbocycles. The fourth-order valence-corrected chi connectivity index (χ4v) is 2.18. The largest absolute Gasteiger partial charge is 0.327 e. The first-order valence-electron chi connectivity index (χ1n) is 6.79. The Morgan fingerprint density at radius 1 is 1.05 bits per heavy atom. The van der Waals surface area contributed by atoms with Crippen molar-refractivity contribution in [2.24, 2.45) is 5.73 Å². The van der Waals surface area contributed by atoms with Crippen LogP contribution in [0, 0.1) is 18.6 Å². The van der Waals surface area contributed by atoms with E-state index in [0.29, 0.717) is 12.0 Å². The Morgan fingerprint density at radius 3 is 2.40 bits per heavy atom. The highest BCUT2D eigenvalue weighted by Crippen LogP contribution is 2.14. The van der Waals surface area contributed by atoms with Crippen LogP contribution < -0.4 is 5.73 Å². The number of nitrogens with two attached hydrogens (primary N) is 1. The van der Waals surface area contributed by atoms with E-state index in [1.54, 1.807) is 0 Å². The van der Waals surface area contributed by atoms with Crippen LogP contribution in [-0.4, -0.2) is 6.04 Å². The number of hydrogen-bond donors (Lipinski definition) is 1. The van der Waals surface area contributed by atoms with Gasteiger partial charge in [0.15, 0.2) is 0 Å². The first-order valence-corrected chi connectivity index (χ1v) is 6.79. The molecule has 0 bridgehead atoms. The van der Waals surface area contributed by atoms with Crippen LogP contribution in [-0.2, 0) is 12.8 Å². The highest BCUT2D eigenvalue weighted by Gasteiger charge is 2.09. The number of rotatable bonds is 5. The van der Waals surface area contributed by atoms with Crippen molar-refractivity contribution >= 4 is 0 Å². The topological polar surface area (TPSA) is 26.0 Å². The smallest absolute Gasteiger partial charge is 0.129 e. The van der Waals surface area contributed by atoms with Gasteiger partial charge in [-0.2, -0.15) is 0 Å². The molecule has 0 aliphatic carbocycles. The predicted molar refractivity (Wildman–Crippen MR) is 77.5 cm³/mol. The molecule has 0 aliphatic heterocycles. The summed E-state index contributed by atoms with van der Waals surface area (Å²) in [7, 11) is 0. The lowest BCUT2D eigenvalue weighted by atomic mass is 9.99. The minimum Gasteiger partial charge on any atom is -0.327 e. The third-order valence-corrected chi connectivity index (χ3v) is 3.42. The molecule has 0 aromatic heterocycles. The van der Waals surface area contributed by atoms with Gasteiger partial charge in [-0.25, -0.2) is 8.78 Å². The van der Waals surface area contributed by atoms with Crippen LogP contribution in [0.3, 0.4) is 0 Å². The van der Waals surface area contributed by atoms with E-state index in [1.165, 1.54) is 23.3 Å². The van der Waals surface area contributed by atoms with Gasteiger partial charge >= 0.3 is 0 Å². The van der Waals surface area contributed by atoms with Crippen molar-refractivity contribution in [2.75, 3.05) is 0 Å². The zero-order valence-electron chi connectivity index (χ0n) is 11.6. The van der Waals surface area contributed by atoms with Gasteiger partial charge in [-0.3, -0.25) is 0 Å². The maximum absolute atomic E-state index is 13.5. The van der Waals surface area contributed by atoms with E-state index in [2.05, 4.69) is 24.3 Å². The zero-order valence-corrected chi connectivity index (χ0v) is 11.6. The lowest BCUT2D eigenvalue weighted by molar-refractivity contribution is 0.549. The molecule has 0 spiro atoms. The molecule has 20 heavy (non-hydrogen) atoms. The highest BCUT2D eigenvalue weighted by molar-refractivity contribution is 5.22. The summed E-state index contributed by atoms with van der Waals surface area (Å²) in [4.78, 5) is 0. The molecule has 2 N–H and O–H groups in total. The van der Waals surface area contributed by atoms with Crippen LogP contribution in [0.5, 0.6) is 0 Å². The van der Waals surface area contributed by atoms with Crippen LogP contribution in [0.25, 0.3) is 0 Å². The summed E-state index contributed by atoms with van der Waals surface area (Å²) < 4.78 is 26.3.